The molecule has 4 heteroatoms. The van der Waals surface area contributed by atoms with Gasteiger partial charge in [-0.05, 0) is 46.2 Å². The normalized spacial score (nSPS) is 15.8. The van der Waals surface area contributed by atoms with Gasteiger partial charge in [0.15, 0.2) is 4.70 Å². The molecule has 34 heavy (non-hydrogen) atoms. The van der Waals surface area contributed by atoms with E-state index in [1.165, 1.54) is 56.4 Å². The number of hydrogen-bond acceptors (Lipinski definition) is 1. The number of nitrogens with zero attached hydrogens (tertiary/aromatic N) is 3. The molecule has 2 aromatic carbocycles. The molecule has 0 bridgehead atoms. The summed E-state index contributed by atoms with van der Waals surface area (Å²) in [6.45, 7) is 13.9. The first-order chi connectivity index (χ1) is 16.1. The number of fused-ring (bicyclic) bond motifs is 4. The van der Waals surface area contributed by atoms with E-state index in [9.17, 15) is 0 Å². The van der Waals surface area contributed by atoms with Crippen LogP contribution in [0.5, 0.6) is 0 Å². The van der Waals surface area contributed by atoms with Crippen molar-refractivity contribution in [3.8, 4) is 22.5 Å². The molecule has 0 aliphatic carbocycles. The summed E-state index contributed by atoms with van der Waals surface area (Å²) in [6, 6.07) is 22.5. The maximum atomic E-state index is 4.04. The van der Waals surface area contributed by atoms with E-state index in [0.717, 1.165) is 0 Å². The third-order valence-corrected chi connectivity index (χ3v) is 7.70. The van der Waals surface area contributed by atoms with Gasteiger partial charge in [-0.3, -0.25) is 0 Å². The Kier molecular flexibility index (Phi) is 3.48. The van der Waals surface area contributed by atoms with Crippen LogP contribution < -0.4 is 19.4 Å². The van der Waals surface area contributed by atoms with Crippen LogP contribution in [0.3, 0.4) is 0 Å². The second-order valence-electron chi connectivity index (χ2n) is 11.9. The number of nitrogens with one attached hydrogen (secondary N) is 1. The molecule has 0 radical (unpaired) electrons. The van der Waals surface area contributed by atoms with Crippen LogP contribution in [0.25, 0.3) is 22.5 Å². The van der Waals surface area contributed by atoms with Crippen LogP contribution >= 0.6 is 0 Å². The Bertz CT molecular complexity index is 1430. The number of pyridine rings is 2. The smallest absolute Gasteiger partial charge is 0.299 e. The molecule has 5 heterocycles. The number of anilines is 2. The van der Waals surface area contributed by atoms with E-state index >= 15 is 0 Å². The molecule has 0 saturated carbocycles. The highest BCUT2D eigenvalue weighted by atomic mass is 15.9. The first-order valence-electron chi connectivity index (χ1n) is 12.2. The summed E-state index contributed by atoms with van der Waals surface area (Å²) in [6.07, 6.45) is 4.49. The van der Waals surface area contributed by atoms with Crippen molar-refractivity contribution in [2.75, 3.05) is 5.32 Å². The summed E-state index contributed by atoms with van der Waals surface area (Å²) in [4.78, 5) is 0. The molecule has 3 aliphatic rings. The molecule has 0 saturated heterocycles. The van der Waals surface area contributed by atoms with Crippen LogP contribution in [-0.2, 0) is 10.8 Å². The van der Waals surface area contributed by atoms with Crippen LogP contribution in [-0.4, -0.2) is 0 Å². The van der Waals surface area contributed by atoms with Gasteiger partial charge in [0, 0.05) is 24.3 Å². The van der Waals surface area contributed by atoms with E-state index < -0.39 is 0 Å². The van der Waals surface area contributed by atoms with Crippen molar-refractivity contribution in [1.82, 2.24) is 4.70 Å². The Morgan fingerprint density at radius 2 is 1.03 bits per heavy atom. The SMILES string of the molecule is CC(C)(C)c1ccc2c3c1Nc1c(C(C)(C)C)ccc4c1[N+]3([n+]1ccccc1-2)[n+]1ccccc1-4. The highest BCUT2D eigenvalue weighted by Gasteiger charge is 2.72. The predicted molar refractivity (Wildman–Crippen MR) is 137 cm³/mol. The molecule has 7 rings (SSSR count). The molecular formula is C30H31N4+3. The van der Waals surface area contributed by atoms with Crippen molar-refractivity contribution in [1.29, 1.82) is 0 Å². The fourth-order valence-corrected chi connectivity index (χ4v) is 6.32. The number of quaternary nitrogens is 1. The van der Waals surface area contributed by atoms with E-state index in [0.29, 0.717) is 4.70 Å². The Labute approximate surface area is 201 Å². The zero-order valence-electron chi connectivity index (χ0n) is 20.8. The molecular weight excluding hydrogens is 416 g/mol. The summed E-state index contributed by atoms with van der Waals surface area (Å²) in [5.41, 5.74) is 12.9. The molecule has 0 unspecified atom stereocenters. The van der Waals surface area contributed by atoms with Gasteiger partial charge in [-0.25, -0.2) is 0 Å². The lowest BCUT2D eigenvalue weighted by Crippen LogP contribution is -2.81. The van der Waals surface area contributed by atoms with Crippen molar-refractivity contribution in [3.05, 3.63) is 84.2 Å². The average molecular weight is 448 g/mol. The largest absolute Gasteiger partial charge is 0.344 e. The minimum absolute atomic E-state index is 0.00170. The van der Waals surface area contributed by atoms with Crippen LogP contribution in [0, 0.1) is 0 Å². The quantitative estimate of drug-likeness (QED) is 0.209. The van der Waals surface area contributed by atoms with E-state index in [4.69, 9.17) is 0 Å². The average Bonchev–Trinajstić information content (AvgIpc) is 3.26. The highest BCUT2D eigenvalue weighted by Crippen LogP contribution is 2.61. The van der Waals surface area contributed by atoms with Crippen LogP contribution in [0.4, 0.5) is 22.7 Å². The lowest BCUT2D eigenvalue weighted by molar-refractivity contribution is -1.02. The molecule has 4 aromatic rings. The molecule has 0 fully saturated rings. The molecule has 2 aromatic heterocycles. The topological polar surface area (TPSA) is 19.8 Å². The van der Waals surface area contributed by atoms with Gasteiger partial charge in [0.05, 0.1) is 9.35 Å². The van der Waals surface area contributed by atoms with Crippen molar-refractivity contribution in [2.24, 2.45) is 0 Å². The van der Waals surface area contributed by atoms with Crippen LogP contribution in [0.1, 0.15) is 52.7 Å². The van der Waals surface area contributed by atoms with E-state index in [1.54, 1.807) is 0 Å². The van der Waals surface area contributed by atoms with Crippen molar-refractivity contribution in [2.45, 2.75) is 52.4 Å². The summed E-state index contributed by atoms with van der Waals surface area (Å²) < 4.78 is 5.43. The second kappa shape index (κ2) is 5.94. The van der Waals surface area contributed by atoms with Gasteiger partial charge in [-0.1, -0.05) is 53.7 Å². The summed E-state index contributed by atoms with van der Waals surface area (Å²) in [7, 11) is 0. The highest BCUT2D eigenvalue weighted by molar-refractivity contribution is 6.03. The van der Waals surface area contributed by atoms with Crippen LogP contribution in [0.15, 0.2) is 73.1 Å². The maximum Gasteiger partial charge on any atom is 0.299 e. The Hall–Kier alpha value is -3.50. The van der Waals surface area contributed by atoms with Gasteiger partial charge in [-0.2, -0.15) is 0 Å². The first-order valence-corrected chi connectivity index (χ1v) is 12.2. The van der Waals surface area contributed by atoms with Crippen molar-refractivity contribution in [3.63, 3.8) is 0 Å². The number of aromatic nitrogens is 2. The Morgan fingerprint density at radius 3 is 1.44 bits per heavy atom. The Balaban J connectivity index is 1.76. The van der Waals surface area contributed by atoms with Gasteiger partial charge in [-0.15, -0.1) is 0 Å². The zero-order valence-corrected chi connectivity index (χ0v) is 20.8. The van der Waals surface area contributed by atoms with E-state index in [2.05, 4.69) is 129 Å². The molecule has 168 valence electrons. The fraction of sp³-hybridized carbons (Fsp3) is 0.267. The van der Waals surface area contributed by atoms with Crippen molar-refractivity contribution < 1.29 is 9.35 Å². The molecule has 1 N–H and O–H groups in total. The van der Waals surface area contributed by atoms with Gasteiger partial charge < -0.3 is 5.32 Å². The van der Waals surface area contributed by atoms with Gasteiger partial charge in [0.2, 0.25) is 12.4 Å². The van der Waals surface area contributed by atoms with Gasteiger partial charge in [0.25, 0.3) is 22.8 Å². The standard InChI is InChI=1S/C30H31N4/c1-29(2,3)21-15-13-19-23-11-7-9-17-32(23)34-27(19)25(21)31-26-22(30(4,5)6)16-14-20(28(26)34)24-12-8-10-18-33(24)34/h7-18,31H,1-6H3/q+3. The predicted octanol–water partition coefficient (Wildman–Crippen LogP) is 6.44. The van der Waals surface area contributed by atoms with E-state index in [-0.39, 0.29) is 10.8 Å². The lowest BCUT2D eigenvalue weighted by atomic mass is 9.81. The van der Waals surface area contributed by atoms with E-state index in [1.807, 2.05) is 0 Å². The Morgan fingerprint density at radius 1 is 0.588 bits per heavy atom. The second-order valence-corrected chi connectivity index (χ2v) is 11.9. The summed E-state index contributed by atoms with van der Waals surface area (Å²) in [5.74, 6) is 0. The maximum absolute atomic E-state index is 4.04. The van der Waals surface area contributed by atoms with Gasteiger partial charge >= 0.3 is 0 Å². The van der Waals surface area contributed by atoms with Crippen LogP contribution in [0.2, 0.25) is 0 Å². The molecule has 1 spiro atoms. The van der Waals surface area contributed by atoms with Crippen molar-refractivity contribution >= 4 is 22.7 Å². The summed E-state index contributed by atoms with van der Waals surface area (Å²) in [5, 5.41) is 4.04. The molecule has 0 amide bonds. The molecule has 4 nitrogen and oxygen atoms in total. The fourth-order valence-electron chi connectivity index (χ4n) is 6.32. The number of rotatable bonds is 0. The third kappa shape index (κ3) is 2.13. The minimum atomic E-state index is 0.00170. The monoisotopic (exact) mass is 447 g/mol. The summed E-state index contributed by atoms with van der Waals surface area (Å²) >= 11 is 0. The number of benzene rings is 2. The minimum Gasteiger partial charge on any atom is -0.344 e. The number of hydrogen-bond donors (Lipinski definition) is 1. The molecule has 0 atom stereocenters. The lowest BCUT2D eigenvalue weighted by Gasteiger charge is -2.32. The molecule has 3 aliphatic heterocycles. The zero-order chi connectivity index (χ0) is 23.6. The first kappa shape index (κ1) is 19.9. The third-order valence-electron chi connectivity index (χ3n) is 7.70. The van der Waals surface area contributed by atoms with Gasteiger partial charge in [0.1, 0.15) is 22.5 Å².